The van der Waals surface area contributed by atoms with Crippen LogP contribution in [0.25, 0.3) is 0 Å². The van der Waals surface area contributed by atoms with Crippen molar-refractivity contribution in [2.45, 2.75) is 52.0 Å². The van der Waals surface area contributed by atoms with Crippen LogP contribution in [-0.2, 0) is 0 Å². The minimum Gasteiger partial charge on any atom is -0.324 e. The van der Waals surface area contributed by atoms with E-state index in [0.29, 0.717) is 16.5 Å². The molecule has 102 valence electrons. The molecule has 0 radical (unpaired) electrons. The summed E-state index contributed by atoms with van der Waals surface area (Å²) in [6, 6.07) is 4.34. The van der Waals surface area contributed by atoms with Gasteiger partial charge < -0.3 is 5.73 Å². The SMILES string of the molecule is CCCCC(CC)CC(N)c1cc(Cl)ccc1F. The van der Waals surface area contributed by atoms with E-state index in [9.17, 15) is 4.39 Å². The maximum atomic E-state index is 13.7. The molecule has 0 saturated carbocycles. The number of benzene rings is 1. The smallest absolute Gasteiger partial charge is 0.128 e. The van der Waals surface area contributed by atoms with Gasteiger partial charge in [0.05, 0.1) is 0 Å². The average Bonchev–Trinajstić information content (AvgIpc) is 2.37. The second-order valence-electron chi connectivity index (χ2n) is 4.92. The summed E-state index contributed by atoms with van der Waals surface area (Å²) in [5.41, 5.74) is 6.65. The van der Waals surface area contributed by atoms with Crippen molar-refractivity contribution < 1.29 is 4.39 Å². The first-order chi connectivity index (χ1) is 8.58. The Morgan fingerprint density at radius 2 is 2.06 bits per heavy atom. The predicted molar refractivity (Wildman–Crippen MR) is 76.3 cm³/mol. The standard InChI is InChI=1S/C15H23ClFN/c1-3-5-6-11(4-2)9-15(18)13-10-12(16)7-8-14(13)17/h7-8,10-11,15H,3-6,9,18H2,1-2H3. The van der Waals surface area contributed by atoms with Crippen LogP contribution in [0.2, 0.25) is 5.02 Å². The van der Waals surface area contributed by atoms with Crippen LogP contribution >= 0.6 is 11.6 Å². The molecule has 0 amide bonds. The first-order valence-corrected chi connectivity index (χ1v) is 7.16. The van der Waals surface area contributed by atoms with Crippen molar-refractivity contribution in [2.75, 3.05) is 0 Å². The van der Waals surface area contributed by atoms with E-state index in [0.717, 1.165) is 12.8 Å². The monoisotopic (exact) mass is 271 g/mol. The van der Waals surface area contributed by atoms with Crippen molar-refractivity contribution in [1.82, 2.24) is 0 Å². The first-order valence-electron chi connectivity index (χ1n) is 6.79. The van der Waals surface area contributed by atoms with Gasteiger partial charge in [0, 0.05) is 16.6 Å². The number of unbranched alkanes of at least 4 members (excludes halogenated alkanes) is 1. The van der Waals surface area contributed by atoms with Crippen molar-refractivity contribution in [3.63, 3.8) is 0 Å². The van der Waals surface area contributed by atoms with Gasteiger partial charge in [0.15, 0.2) is 0 Å². The van der Waals surface area contributed by atoms with Crippen molar-refractivity contribution in [3.8, 4) is 0 Å². The van der Waals surface area contributed by atoms with E-state index >= 15 is 0 Å². The lowest BCUT2D eigenvalue weighted by molar-refractivity contribution is 0.383. The molecule has 0 aliphatic carbocycles. The van der Waals surface area contributed by atoms with Gasteiger partial charge >= 0.3 is 0 Å². The summed E-state index contributed by atoms with van der Waals surface area (Å²) in [6.07, 6.45) is 5.49. The highest BCUT2D eigenvalue weighted by atomic mass is 35.5. The largest absolute Gasteiger partial charge is 0.324 e. The van der Waals surface area contributed by atoms with Crippen molar-refractivity contribution >= 4 is 11.6 Å². The summed E-state index contributed by atoms with van der Waals surface area (Å²) < 4.78 is 13.7. The van der Waals surface area contributed by atoms with E-state index in [4.69, 9.17) is 17.3 Å². The van der Waals surface area contributed by atoms with E-state index in [1.165, 1.54) is 25.3 Å². The molecule has 0 aliphatic rings. The van der Waals surface area contributed by atoms with Gasteiger partial charge in [0.25, 0.3) is 0 Å². The molecule has 0 heterocycles. The number of hydrogen-bond donors (Lipinski definition) is 1. The lowest BCUT2D eigenvalue weighted by Gasteiger charge is -2.20. The molecule has 1 nitrogen and oxygen atoms in total. The highest BCUT2D eigenvalue weighted by molar-refractivity contribution is 6.30. The highest BCUT2D eigenvalue weighted by Gasteiger charge is 2.16. The van der Waals surface area contributed by atoms with Crippen LogP contribution in [-0.4, -0.2) is 0 Å². The van der Waals surface area contributed by atoms with Gasteiger partial charge in [-0.1, -0.05) is 51.1 Å². The molecule has 1 rings (SSSR count). The molecule has 2 unspecified atom stereocenters. The zero-order valence-corrected chi connectivity index (χ0v) is 12.0. The topological polar surface area (TPSA) is 26.0 Å². The second-order valence-corrected chi connectivity index (χ2v) is 5.36. The fourth-order valence-electron chi connectivity index (χ4n) is 2.27. The van der Waals surface area contributed by atoms with Gasteiger partial charge in [0.1, 0.15) is 5.82 Å². The van der Waals surface area contributed by atoms with Crippen LogP contribution in [0.5, 0.6) is 0 Å². The molecule has 0 aromatic heterocycles. The van der Waals surface area contributed by atoms with E-state index in [1.807, 2.05) is 0 Å². The van der Waals surface area contributed by atoms with Crippen LogP contribution < -0.4 is 5.73 Å². The Kier molecular flexibility index (Phi) is 6.66. The third-order valence-electron chi connectivity index (χ3n) is 3.49. The molecule has 0 bridgehead atoms. The molecule has 18 heavy (non-hydrogen) atoms. The molecular formula is C15H23ClFN. The Hall–Kier alpha value is -0.600. The lowest BCUT2D eigenvalue weighted by atomic mass is 9.89. The number of rotatable bonds is 7. The number of halogens is 2. The van der Waals surface area contributed by atoms with Crippen molar-refractivity contribution in [1.29, 1.82) is 0 Å². The van der Waals surface area contributed by atoms with Crippen LogP contribution in [0, 0.1) is 11.7 Å². The average molecular weight is 272 g/mol. The zero-order valence-electron chi connectivity index (χ0n) is 11.3. The number of nitrogens with two attached hydrogens (primary N) is 1. The molecule has 0 aliphatic heterocycles. The van der Waals surface area contributed by atoms with Gasteiger partial charge in [-0.3, -0.25) is 0 Å². The molecule has 0 fully saturated rings. The molecular weight excluding hydrogens is 249 g/mol. The van der Waals surface area contributed by atoms with Crippen LogP contribution in [0.3, 0.4) is 0 Å². The molecule has 2 atom stereocenters. The van der Waals surface area contributed by atoms with Gasteiger partial charge in [-0.25, -0.2) is 4.39 Å². The minimum absolute atomic E-state index is 0.253. The Morgan fingerprint density at radius 1 is 1.33 bits per heavy atom. The summed E-state index contributed by atoms with van der Waals surface area (Å²) in [5.74, 6) is 0.315. The van der Waals surface area contributed by atoms with Crippen LogP contribution in [0.1, 0.15) is 57.6 Å². The third-order valence-corrected chi connectivity index (χ3v) is 3.72. The summed E-state index contributed by atoms with van der Waals surface area (Å²) in [4.78, 5) is 0. The molecule has 0 saturated heterocycles. The van der Waals surface area contributed by atoms with Crippen molar-refractivity contribution in [2.24, 2.45) is 11.7 Å². The summed E-state index contributed by atoms with van der Waals surface area (Å²) in [5, 5.41) is 0.545. The fourth-order valence-corrected chi connectivity index (χ4v) is 2.45. The van der Waals surface area contributed by atoms with E-state index < -0.39 is 0 Å². The third kappa shape index (κ3) is 4.58. The first kappa shape index (κ1) is 15.5. The second kappa shape index (κ2) is 7.75. The zero-order chi connectivity index (χ0) is 13.5. The summed E-state index contributed by atoms with van der Waals surface area (Å²) >= 11 is 5.89. The van der Waals surface area contributed by atoms with E-state index in [-0.39, 0.29) is 11.9 Å². The fraction of sp³-hybridized carbons (Fsp3) is 0.600. The normalized spacial score (nSPS) is 14.5. The molecule has 0 spiro atoms. The van der Waals surface area contributed by atoms with Crippen LogP contribution in [0.15, 0.2) is 18.2 Å². The molecule has 3 heteroatoms. The van der Waals surface area contributed by atoms with Gasteiger partial charge in [0.2, 0.25) is 0 Å². The minimum atomic E-state index is -0.259. The Labute approximate surface area is 115 Å². The number of hydrogen-bond acceptors (Lipinski definition) is 1. The Bertz CT molecular complexity index is 368. The van der Waals surface area contributed by atoms with Crippen LogP contribution in [0.4, 0.5) is 4.39 Å². The highest BCUT2D eigenvalue weighted by Crippen LogP contribution is 2.28. The van der Waals surface area contributed by atoms with Gasteiger partial charge in [-0.05, 0) is 30.5 Å². The maximum Gasteiger partial charge on any atom is 0.128 e. The summed E-state index contributed by atoms with van der Waals surface area (Å²) in [7, 11) is 0. The maximum absolute atomic E-state index is 13.7. The molecule has 1 aromatic rings. The predicted octanol–water partition coefficient (Wildman–Crippen LogP) is 5.09. The molecule has 2 N–H and O–H groups in total. The van der Waals surface area contributed by atoms with Crippen molar-refractivity contribution in [3.05, 3.63) is 34.6 Å². The Morgan fingerprint density at radius 3 is 2.67 bits per heavy atom. The summed E-state index contributed by atoms with van der Waals surface area (Å²) in [6.45, 7) is 4.35. The van der Waals surface area contributed by atoms with E-state index in [1.54, 1.807) is 12.1 Å². The lowest BCUT2D eigenvalue weighted by Crippen LogP contribution is -2.16. The Balaban J connectivity index is 2.67. The van der Waals surface area contributed by atoms with Gasteiger partial charge in [-0.2, -0.15) is 0 Å². The van der Waals surface area contributed by atoms with E-state index in [2.05, 4.69) is 13.8 Å². The quantitative estimate of drug-likeness (QED) is 0.735. The van der Waals surface area contributed by atoms with Gasteiger partial charge in [-0.15, -0.1) is 0 Å². The molecule has 1 aromatic carbocycles.